The van der Waals surface area contributed by atoms with Gasteiger partial charge in [0.25, 0.3) is 0 Å². The average molecular weight is 344 g/mol. The minimum atomic E-state index is -4.17. The Hall–Kier alpha value is -0.260. The van der Waals surface area contributed by atoms with Crippen molar-refractivity contribution in [3.05, 3.63) is 0 Å². The van der Waals surface area contributed by atoms with Crippen molar-refractivity contribution in [1.29, 1.82) is 0 Å². The van der Waals surface area contributed by atoms with Crippen molar-refractivity contribution in [2.45, 2.75) is 50.5 Å². The summed E-state index contributed by atoms with van der Waals surface area (Å²) in [6, 6.07) is 0. The molecule has 3 atom stereocenters. The Morgan fingerprint density at radius 1 is 1.37 bits per heavy atom. The van der Waals surface area contributed by atoms with Crippen molar-refractivity contribution < 1.29 is 18.0 Å². The van der Waals surface area contributed by atoms with E-state index in [-0.39, 0.29) is 23.6 Å². The average Bonchev–Trinajstić information content (AvgIpc) is 2.34. The monoisotopic (exact) mass is 343 g/mol. The summed E-state index contributed by atoms with van der Waals surface area (Å²) in [4.78, 5) is 12.0. The van der Waals surface area contributed by atoms with Gasteiger partial charge in [-0.05, 0) is 25.2 Å². The number of hydrogen-bond donors (Lipinski definition) is 1. The first-order chi connectivity index (χ1) is 8.71. The molecule has 0 spiro atoms. The van der Waals surface area contributed by atoms with Crippen molar-refractivity contribution in [1.82, 2.24) is 5.32 Å². The Labute approximate surface area is 120 Å². The van der Waals surface area contributed by atoms with Crippen LogP contribution in [0.3, 0.4) is 0 Å². The molecule has 1 aliphatic carbocycles. The Morgan fingerprint density at radius 2 is 2.00 bits per heavy atom. The summed E-state index contributed by atoms with van der Waals surface area (Å²) in [5.74, 6) is -1.68. The SMILES string of the molecule is CC(C)C(Br)CNC(=O)C1CCCC(C(F)(F)F)C1. The molecule has 6 heteroatoms. The predicted octanol–water partition coefficient (Wildman–Crippen LogP) is 3.89. The van der Waals surface area contributed by atoms with Crippen LogP contribution in [0.5, 0.6) is 0 Å². The zero-order valence-corrected chi connectivity index (χ0v) is 12.9. The van der Waals surface area contributed by atoms with Crippen LogP contribution in [0.2, 0.25) is 0 Å². The number of carbonyl (C=O) groups is 1. The van der Waals surface area contributed by atoms with Crippen molar-refractivity contribution in [2.24, 2.45) is 17.8 Å². The Balaban J connectivity index is 2.44. The summed E-state index contributed by atoms with van der Waals surface area (Å²) in [6.07, 6.45) is -3.05. The van der Waals surface area contributed by atoms with Gasteiger partial charge in [-0.1, -0.05) is 36.2 Å². The van der Waals surface area contributed by atoms with E-state index in [9.17, 15) is 18.0 Å². The van der Waals surface area contributed by atoms with Crippen LogP contribution >= 0.6 is 15.9 Å². The number of nitrogens with one attached hydrogen (secondary N) is 1. The van der Waals surface area contributed by atoms with E-state index in [1.807, 2.05) is 13.8 Å². The molecule has 0 saturated heterocycles. The molecule has 0 aromatic carbocycles. The first-order valence-corrected chi connectivity index (χ1v) is 7.62. The molecule has 2 nitrogen and oxygen atoms in total. The topological polar surface area (TPSA) is 29.1 Å². The van der Waals surface area contributed by atoms with Crippen LogP contribution in [0, 0.1) is 17.8 Å². The van der Waals surface area contributed by atoms with Crippen LogP contribution in [-0.4, -0.2) is 23.5 Å². The lowest BCUT2D eigenvalue weighted by molar-refractivity contribution is -0.186. The quantitative estimate of drug-likeness (QED) is 0.771. The van der Waals surface area contributed by atoms with Gasteiger partial charge in [0.15, 0.2) is 0 Å². The van der Waals surface area contributed by atoms with Crippen molar-refractivity contribution in [3.8, 4) is 0 Å². The van der Waals surface area contributed by atoms with Gasteiger partial charge in [-0.2, -0.15) is 13.2 Å². The molecule has 0 heterocycles. The highest BCUT2D eigenvalue weighted by atomic mass is 79.9. The fourth-order valence-corrected chi connectivity index (χ4v) is 2.47. The molecular formula is C13H21BrF3NO. The van der Waals surface area contributed by atoms with Crippen LogP contribution in [0.25, 0.3) is 0 Å². The highest BCUT2D eigenvalue weighted by Crippen LogP contribution is 2.39. The number of rotatable bonds is 4. The molecule has 3 unspecified atom stereocenters. The van der Waals surface area contributed by atoms with E-state index >= 15 is 0 Å². The van der Waals surface area contributed by atoms with Gasteiger partial charge in [0.05, 0.1) is 5.92 Å². The highest BCUT2D eigenvalue weighted by molar-refractivity contribution is 9.09. The normalized spacial score (nSPS) is 26.3. The van der Waals surface area contributed by atoms with E-state index in [0.29, 0.717) is 25.3 Å². The third kappa shape index (κ3) is 5.32. The van der Waals surface area contributed by atoms with Gasteiger partial charge in [0.1, 0.15) is 0 Å². The second-order valence-corrected chi connectivity index (χ2v) is 6.78. The highest BCUT2D eigenvalue weighted by Gasteiger charge is 2.43. The molecule has 0 radical (unpaired) electrons. The molecule has 1 N–H and O–H groups in total. The molecule has 0 aliphatic heterocycles. The summed E-state index contributed by atoms with van der Waals surface area (Å²) >= 11 is 3.44. The Kier molecular flexibility index (Phi) is 6.15. The molecule has 112 valence electrons. The molecule has 1 amide bonds. The maximum absolute atomic E-state index is 12.7. The van der Waals surface area contributed by atoms with E-state index in [4.69, 9.17) is 0 Å². The maximum atomic E-state index is 12.7. The van der Waals surface area contributed by atoms with Gasteiger partial charge in [-0.25, -0.2) is 0 Å². The number of alkyl halides is 4. The Morgan fingerprint density at radius 3 is 2.53 bits per heavy atom. The zero-order valence-electron chi connectivity index (χ0n) is 11.3. The van der Waals surface area contributed by atoms with Gasteiger partial charge < -0.3 is 5.32 Å². The molecule has 0 aromatic heterocycles. The van der Waals surface area contributed by atoms with Crippen LogP contribution in [0.1, 0.15) is 39.5 Å². The third-order valence-electron chi connectivity index (χ3n) is 3.70. The standard InChI is InChI=1S/C13H21BrF3NO/c1-8(2)11(14)7-18-12(19)9-4-3-5-10(6-9)13(15,16)17/h8-11H,3-7H2,1-2H3,(H,18,19). The molecule has 0 aromatic rings. The van der Waals surface area contributed by atoms with Gasteiger partial charge in [0.2, 0.25) is 5.91 Å². The minimum Gasteiger partial charge on any atom is -0.355 e. The third-order valence-corrected chi connectivity index (χ3v) is 5.08. The fourth-order valence-electron chi connectivity index (χ4n) is 2.30. The minimum absolute atomic E-state index is 0.0655. The molecule has 1 rings (SSSR count). The summed E-state index contributed by atoms with van der Waals surface area (Å²) in [5, 5.41) is 2.75. The van der Waals surface area contributed by atoms with Gasteiger partial charge in [0, 0.05) is 17.3 Å². The summed E-state index contributed by atoms with van der Waals surface area (Å²) < 4.78 is 38.0. The van der Waals surface area contributed by atoms with Gasteiger partial charge in [-0.15, -0.1) is 0 Å². The predicted molar refractivity (Wildman–Crippen MR) is 72.1 cm³/mol. The molecule has 1 saturated carbocycles. The second-order valence-electron chi connectivity index (χ2n) is 5.61. The molecule has 0 bridgehead atoms. The lowest BCUT2D eigenvalue weighted by Gasteiger charge is -2.30. The van der Waals surface area contributed by atoms with Crippen LogP contribution in [-0.2, 0) is 4.79 Å². The maximum Gasteiger partial charge on any atom is 0.391 e. The lowest BCUT2D eigenvalue weighted by Crippen LogP contribution is -2.40. The number of hydrogen-bond acceptors (Lipinski definition) is 1. The first kappa shape index (κ1) is 16.8. The summed E-state index contributed by atoms with van der Waals surface area (Å²) in [5.41, 5.74) is 0. The lowest BCUT2D eigenvalue weighted by atomic mass is 9.80. The molecular weight excluding hydrogens is 323 g/mol. The molecule has 19 heavy (non-hydrogen) atoms. The van der Waals surface area contributed by atoms with Crippen molar-refractivity contribution in [3.63, 3.8) is 0 Å². The number of amides is 1. The molecule has 1 aliphatic rings. The van der Waals surface area contributed by atoms with E-state index in [0.717, 1.165) is 0 Å². The van der Waals surface area contributed by atoms with Crippen LogP contribution in [0.4, 0.5) is 13.2 Å². The first-order valence-electron chi connectivity index (χ1n) is 6.70. The largest absolute Gasteiger partial charge is 0.391 e. The van der Waals surface area contributed by atoms with E-state index in [1.165, 1.54) is 0 Å². The van der Waals surface area contributed by atoms with Crippen molar-refractivity contribution in [2.75, 3.05) is 6.54 Å². The summed E-state index contributed by atoms with van der Waals surface area (Å²) in [7, 11) is 0. The van der Waals surface area contributed by atoms with E-state index in [2.05, 4.69) is 21.2 Å². The van der Waals surface area contributed by atoms with E-state index < -0.39 is 18.0 Å². The smallest absolute Gasteiger partial charge is 0.355 e. The zero-order chi connectivity index (χ0) is 14.6. The second kappa shape index (κ2) is 6.95. The van der Waals surface area contributed by atoms with Crippen LogP contribution < -0.4 is 5.32 Å². The van der Waals surface area contributed by atoms with Crippen LogP contribution in [0.15, 0.2) is 0 Å². The Bertz CT molecular complexity index is 307. The number of carbonyl (C=O) groups excluding carboxylic acids is 1. The molecule has 1 fully saturated rings. The van der Waals surface area contributed by atoms with Gasteiger partial charge >= 0.3 is 6.18 Å². The van der Waals surface area contributed by atoms with Gasteiger partial charge in [-0.3, -0.25) is 4.79 Å². The number of halogens is 4. The fraction of sp³-hybridized carbons (Fsp3) is 0.923. The summed E-state index contributed by atoms with van der Waals surface area (Å²) in [6.45, 7) is 4.50. The van der Waals surface area contributed by atoms with Crippen molar-refractivity contribution >= 4 is 21.8 Å². The van der Waals surface area contributed by atoms with E-state index in [1.54, 1.807) is 0 Å².